The molecule has 1 saturated heterocycles. The molecule has 1 N–H and O–H groups in total. The lowest BCUT2D eigenvalue weighted by molar-refractivity contribution is 0.0368. The van der Waals surface area contributed by atoms with Gasteiger partial charge in [0.1, 0.15) is 0 Å². The lowest BCUT2D eigenvalue weighted by atomic mass is 9.97. The summed E-state index contributed by atoms with van der Waals surface area (Å²) < 4.78 is 34.2. The van der Waals surface area contributed by atoms with Crippen LogP contribution >= 0.6 is 23.2 Å². The third kappa shape index (κ3) is 7.97. The van der Waals surface area contributed by atoms with Crippen molar-refractivity contribution >= 4 is 33.2 Å². The second-order valence-corrected chi connectivity index (χ2v) is 14.6. The molecule has 0 aliphatic carbocycles. The molecule has 0 amide bonds. The zero-order chi connectivity index (χ0) is 31.4. The first-order chi connectivity index (χ1) is 21.7. The van der Waals surface area contributed by atoms with Crippen LogP contribution in [0.2, 0.25) is 10.0 Å². The first kappa shape index (κ1) is 32.2. The third-order valence-corrected chi connectivity index (χ3v) is 10.4. The van der Waals surface area contributed by atoms with Crippen molar-refractivity contribution in [2.24, 2.45) is 0 Å². The van der Waals surface area contributed by atoms with Crippen LogP contribution in [0.25, 0.3) is 22.4 Å². The van der Waals surface area contributed by atoms with E-state index >= 15 is 0 Å². The van der Waals surface area contributed by atoms with E-state index in [1.54, 1.807) is 4.31 Å². The van der Waals surface area contributed by atoms with Crippen molar-refractivity contribution in [1.29, 1.82) is 0 Å². The summed E-state index contributed by atoms with van der Waals surface area (Å²) in [5.74, 6) is 0. The quantitative estimate of drug-likeness (QED) is 0.216. The SMILES string of the molecule is CS(=O)(=O)N1CCc2c(c(-c3ccc(Cl)c(-c4ccc(CNCc5ccc(Cl)cc5)cc4)c3)nn2CCCN2CCOCC2)C1. The predicted molar refractivity (Wildman–Crippen MR) is 181 cm³/mol. The summed E-state index contributed by atoms with van der Waals surface area (Å²) in [4.78, 5) is 2.43. The second kappa shape index (κ2) is 14.3. The van der Waals surface area contributed by atoms with Crippen LogP contribution in [0, 0.1) is 0 Å². The average Bonchev–Trinajstić information content (AvgIpc) is 3.41. The molecule has 0 spiro atoms. The fourth-order valence-electron chi connectivity index (χ4n) is 6.08. The van der Waals surface area contributed by atoms with Gasteiger partial charge >= 0.3 is 0 Å². The van der Waals surface area contributed by atoms with Crippen LogP contribution in [0.1, 0.15) is 28.8 Å². The van der Waals surface area contributed by atoms with Crippen LogP contribution in [0.4, 0.5) is 0 Å². The Balaban J connectivity index is 1.21. The number of halogens is 2. The molecule has 3 heterocycles. The summed E-state index contributed by atoms with van der Waals surface area (Å²) in [6, 6.07) is 22.2. The second-order valence-electron chi connectivity index (χ2n) is 11.8. The average molecular weight is 669 g/mol. The van der Waals surface area contributed by atoms with Gasteiger partial charge in [0.15, 0.2) is 0 Å². The molecule has 0 atom stereocenters. The third-order valence-electron chi connectivity index (χ3n) is 8.59. The van der Waals surface area contributed by atoms with Gasteiger partial charge in [0.2, 0.25) is 10.0 Å². The van der Waals surface area contributed by atoms with Gasteiger partial charge < -0.3 is 10.1 Å². The number of sulfonamides is 1. The summed E-state index contributed by atoms with van der Waals surface area (Å²) in [5.41, 5.74) is 8.15. The molecule has 238 valence electrons. The first-order valence-electron chi connectivity index (χ1n) is 15.4. The fraction of sp³-hybridized carbons (Fsp3) is 0.382. The van der Waals surface area contributed by atoms with Gasteiger partial charge in [0.25, 0.3) is 0 Å². The number of ether oxygens (including phenoxy) is 1. The lowest BCUT2D eigenvalue weighted by Crippen LogP contribution is -2.37. The van der Waals surface area contributed by atoms with Crippen LogP contribution in [-0.2, 0) is 47.4 Å². The Hall–Kier alpha value is -2.76. The number of benzene rings is 3. The highest BCUT2D eigenvalue weighted by Crippen LogP contribution is 2.36. The molecule has 6 rings (SSSR count). The van der Waals surface area contributed by atoms with Gasteiger partial charge in [-0.15, -0.1) is 0 Å². The van der Waals surface area contributed by atoms with Crippen LogP contribution in [0.15, 0.2) is 66.7 Å². The number of hydrogen-bond donors (Lipinski definition) is 1. The molecule has 8 nitrogen and oxygen atoms in total. The van der Waals surface area contributed by atoms with Crippen molar-refractivity contribution < 1.29 is 13.2 Å². The van der Waals surface area contributed by atoms with E-state index in [0.717, 1.165) is 97.6 Å². The molecule has 45 heavy (non-hydrogen) atoms. The van der Waals surface area contributed by atoms with Crippen LogP contribution in [-0.4, -0.2) is 73.1 Å². The molecular formula is C34H39Cl2N5O3S. The molecule has 2 aliphatic rings. The standard InChI is InChI=1S/C34H39Cl2N5O3S/c1-45(42,43)40-16-13-33-31(24-40)34(38-41(33)15-2-14-39-17-19-44-20-18-39)28-9-12-32(36)30(21-28)27-7-3-25(4-8-27)22-37-23-26-5-10-29(35)11-6-26/h3-12,21,37H,2,13-20,22-24H2,1H3. The smallest absolute Gasteiger partial charge is 0.211 e. The maximum absolute atomic E-state index is 12.5. The Labute approximate surface area is 275 Å². The van der Waals surface area contributed by atoms with E-state index in [0.29, 0.717) is 24.5 Å². The van der Waals surface area contributed by atoms with Gasteiger partial charge in [0.05, 0.1) is 25.2 Å². The van der Waals surface area contributed by atoms with Crippen molar-refractivity contribution in [1.82, 2.24) is 24.3 Å². The van der Waals surface area contributed by atoms with E-state index < -0.39 is 10.0 Å². The number of fused-ring (bicyclic) bond motifs is 1. The van der Waals surface area contributed by atoms with Gasteiger partial charge in [-0.25, -0.2) is 8.42 Å². The summed E-state index contributed by atoms with van der Waals surface area (Å²) >= 11 is 12.7. The van der Waals surface area contributed by atoms with Crippen molar-refractivity contribution in [3.8, 4) is 22.4 Å². The van der Waals surface area contributed by atoms with E-state index in [2.05, 4.69) is 45.2 Å². The first-order valence-corrected chi connectivity index (χ1v) is 18.0. The van der Waals surface area contributed by atoms with E-state index in [4.69, 9.17) is 33.0 Å². The molecule has 0 unspecified atom stereocenters. The fourth-order valence-corrected chi connectivity index (χ4v) is 7.22. The van der Waals surface area contributed by atoms with Crippen molar-refractivity contribution in [2.75, 3.05) is 45.6 Å². The Morgan fingerprint density at radius 2 is 1.53 bits per heavy atom. The molecule has 1 aromatic heterocycles. The Morgan fingerprint density at radius 3 is 2.22 bits per heavy atom. The Bertz CT molecular complexity index is 1720. The van der Waals surface area contributed by atoms with Gasteiger partial charge in [0, 0.05) is 91.2 Å². The molecule has 0 radical (unpaired) electrons. The molecule has 11 heteroatoms. The van der Waals surface area contributed by atoms with Gasteiger partial charge in [-0.2, -0.15) is 9.40 Å². The summed E-state index contributed by atoms with van der Waals surface area (Å²) in [7, 11) is -3.33. The topological polar surface area (TPSA) is 79.7 Å². The number of aromatic nitrogens is 2. The maximum Gasteiger partial charge on any atom is 0.211 e. The van der Waals surface area contributed by atoms with Crippen molar-refractivity contribution in [2.45, 2.75) is 39.0 Å². The van der Waals surface area contributed by atoms with Crippen LogP contribution in [0.5, 0.6) is 0 Å². The highest BCUT2D eigenvalue weighted by atomic mass is 35.5. The van der Waals surface area contributed by atoms with Crippen LogP contribution < -0.4 is 5.32 Å². The zero-order valence-electron chi connectivity index (χ0n) is 25.5. The lowest BCUT2D eigenvalue weighted by Gasteiger charge is -2.27. The van der Waals surface area contributed by atoms with Crippen LogP contribution in [0.3, 0.4) is 0 Å². The molecule has 1 fully saturated rings. The monoisotopic (exact) mass is 667 g/mol. The van der Waals surface area contributed by atoms with E-state index in [-0.39, 0.29) is 0 Å². The molecule has 3 aromatic carbocycles. The van der Waals surface area contributed by atoms with Gasteiger partial charge in [-0.05, 0) is 47.4 Å². The molecule has 4 aromatic rings. The Kier molecular flexibility index (Phi) is 10.3. The number of rotatable bonds is 11. The molecular weight excluding hydrogens is 629 g/mol. The van der Waals surface area contributed by atoms with E-state index in [1.165, 1.54) is 17.4 Å². The summed E-state index contributed by atoms with van der Waals surface area (Å²) in [6.07, 6.45) is 2.89. The number of hydrogen-bond acceptors (Lipinski definition) is 6. The highest BCUT2D eigenvalue weighted by Gasteiger charge is 2.30. The summed E-state index contributed by atoms with van der Waals surface area (Å²) in [5, 5.41) is 9.97. The minimum absolute atomic E-state index is 0.322. The molecule has 0 bridgehead atoms. The molecule has 2 aliphatic heterocycles. The zero-order valence-corrected chi connectivity index (χ0v) is 27.8. The number of aryl methyl sites for hydroxylation is 1. The minimum Gasteiger partial charge on any atom is -0.379 e. The van der Waals surface area contributed by atoms with E-state index in [9.17, 15) is 8.42 Å². The van der Waals surface area contributed by atoms with Crippen molar-refractivity contribution in [3.05, 3.63) is 99.2 Å². The Morgan fingerprint density at radius 1 is 0.867 bits per heavy atom. The summed E-state index contributed by atoms with van der Waals surface area (Å²) in [6.45, 7) is 7.54. The highest BCUT2D eigenvalue weighted by molar-refractivity contribution is 7.88. The number of morpholine rings is 1. The molecule has 0 saturated carbocycles. The normalized spacial score (nSPS) is 16.2. The van der Waals surface area contributed by atoms with Gasteiger partial charge in [-0.3, -0.25) is 9.58 Å². The van der Waals surface area contributed by atoms with E-state index in [1.807, 2.05) is 36.4 Å². The minimum atomic E-state index is -3.33. The number of nitrogens with zero attached hydrogens (tertiary/aromatic N) is 4. The largest absolute Gasteiger partial charge is 0.379 e. The predicted octanol–water partition coefficient (Wildman–Crippen LogP) is 5.85. The number of nitrogens with one attached hydrogen (secondary N) is 1. The van der Waals surface area contributed by atoms with Gasteiger partial charge in [-0.1, -0.05) is 65.7 Å². The van der Waals surface area contributed by atoms with Crippen molar-refractivity contribution in [3.63, 3.8) is 0 Å². The maximum atomic E-state index is 12.5.